The molecule has 1 unspecified atom stereocenters. The fraction of sp³-hybridized carbons (Fsp3) is 0.500. The van der Waals surface area contributed by atoms with Gasteiger partial charge in [0.1, 0.15) is 6.10 Å². The van der Waals surface area contributed by atoms with E-state index in [0.29, 0.717) is 12.8 Å². The van der Waals surface area contributed by atoms with E-state index in [2.05, 4.69) is 0 Å². The van der Waals surface area contributed by atoms with Crippen LogP contribution in [0, 0.1) is 0 Å². The van der Waals surface area contributed by atoms with E-state index in [1.54, 1.807) is 6.08 Å². The second-order valence-corrected chi connectivity index (χ2v) is 2.62. The summed E-state index contributed by atoms with van der Waals surface area (Å²) in [6, 6.07) is 0. The molecule has 0 bridgehead atoms. The Morgan fingerprint density at radius 1 is 1.67 bits per heavy atom. The highest BCUT2D eigenvalue weighted by Gasteiger charge is 2.15. The van der Waals surface area contributed by atoms with Crippen LogP contribution in [0.15, 0.2) is 12.2 Å². The Bertz CT molecular complexity index is 219. The van der Waals surface area contributed by atoms with Gasteiger partial charge in [-0.05, 0) is 18.9 Å². The largest absolute Gasteiger partial charge is 0.481 e. The van der Waals surface area contributed by atoms with Gasteiger partial charge in [-0.15, -0.1) is 0 Å². The van der Waals surface area contributed by atoms with Crippen molar-refractivity contribution in [1.82, 2.24) is 0 Å². The third-order valence-corrected chi connectivity index (χ3v) is 1.59. The van der Waals surface area contributed by atoms with Gasteiger partial charge in [-0.2, -0.15) is 0 Å². The maximum Gasteiger partial charge on any atom is 0.331 e. The summed E-state index contributed by atoms with van der Waals surface area (Å²) < 4.78 is 4.80. The highest BCUT2D eigenvalue weighted by molar-refractivity contribution is 5.84. The quantitative estimate of drug-likeness (QED) is 0.631. The first-order valence-electron chi connectivity index (χ1n) is 3.79. The molecule has 4 nitrogen and oxygen atoms in total. The van der Waals surface area contributed by atoms with Gasteiger partial charge in [0.25, 0.3) is 0 Å². The molecule has 0 fully saturated rings. The topological polar surface area (TPSA) is 63.6 Å². The number of ether oxygens (including phenoxy) is 1. The molecule has 0 saturated carbocycles. The summed E-state index contributed by atoms with van der Waals surface area (Å²) in [6.45, 7) is 0. The molecule has 0 aromatic carbocycles. The van der Waals surface area contributed by atoms with Crippen molar-refractivity contribution in [3.8, 4) is 0 Å². The van der Waals surface area contributed by atoms with E-state index in [1.807, 2.05) is 0 Å². The summed E-state index contributed by atoms with van der Waals surface area (Å²) >= 11 is 0. The standard InChI is InChI=1S/C8H10O4/c9-7(10)3-1-2-6-4-5-8(11)12-6/h4-6H,1-3H2,(H,9,10). The van der Waals surface area contributed by atoms with Gasteiger partial charge in [0.2, 0.25) is 0 Å². The van der Waals surface area contributed by atoms with Crippen molar-refractivity contribution in [2.75, 3.05) is 0 Å². The fourth-order valence-corrected chi connectivity index (χ4v) is 1.02. The zero-order chi connectivity index (χ0) is 8.97. The van der Waals surface area contributed by atoms with Crippen LogP contribution in [0.25, 0.3) is 0 Å². The number of esters is 1. The molecule has 66 valence electrons. The van der Waals surface area contributed by atoms with Crippen LogP contribution in [0.3, 0.4) is 0 Å². The van der Waals surface area contributed by atoms with Gasteiger partial charge >= 0.3 is 11.9 Å². The van der Waals surface area contributed by atoms with E-state index in [4.69, 9.17) is 9.84 Å². The first-order chi connectivity index (χ1) is 5.68. The minimum absolute atomic E-state index is 0.127. The Morgan fingerprint density at radius 3 is 2.92 bits per heavy atom. The molecule has 0 aromatic rings. The van der Waals surface area contributed by atoms with Gasteiger partial charge in [-0.3, -0.25) is 4.79 Å². The maximum absolute atomic E-state index is 10.5. The summed E-state index contributed by atoms with van der Waals surface area (Å²) in [7, 11) is 0. The molecule has 0 radical (unpaired) electrons. The van der Waals surface area contributed by atoms with Crippen LogP contribution in [0.5, 0.6) is 0 Å². The fourth-order valence-electron chi connectivity index (χ4n) is 1.02. The van der Waals surface area contributed by atoms with Crippen LogP contribution >= 0.6 is 0 Å². The molecule has 4 heteroatoms. The van der Waals surface area contributed by atoms with Crippen molar-refractivity contribution in [1.29, 1.82) is 0 Å². The number of carbonyl (C=O) groups is 2. The first-order valence-corrected chi connectivity index (χ1v) is 3.79. The van der Waals surface area contributed by atoms with E-state index in [9.17, 15) is 9.59 Å². The Morgan fingerprint density at radius 2 is 2.42 bits per heavy atom. The Hall–Kier alpha value is -1.32. The number of cyclic esters (lactones) is 1. The maximum atomic E-state index is 10.5. The molecule has 0 amide bonds. The van der Waals surface area contributed by atoms with Gasteiger partial charge in [0.05, 0.1) is 0 Å². The molecule has 0 spiro atoms. The summed E-state index contributed by atoms with van der Waals surface area (Å²) in [5.41, 5.74) is 0. The zero-order valence-corrected chi connectivity index (χ0v) is 6.53. The molecule has 1 aliphatic rings. The van der Waals surface area contributed by atoms with Crippen molar-refractivity contribution < 1.29 is 19.4 Å². The smallest absolute Gasteiger partial charge is 0.331 e. The van der Waals surface area contributed by atoms with Crippen molar-refractivity contribution >= 4 is 11.9 Å². The predicted molar refractivity (Wildman–Crippen MR) is 40.5 cm³/mol. The number of carboxylic acid groups (broad SMARTS) is 1. The van der Waals surface area contributed by atoms with Crippen molar-refractivity contribution in [2.24, 2.45) is 0 Å². The molecular formula is C8H10O4. The summed E-state index contributed by atoms with van der Waals surface area (Å²) in [5, 5.41) is 8.31. The molecule has 1 rings (SSSR count). The molecule has 1 aliphatic heterocycles. The molecule has 1 heterocycles. The third-order valence-electron chi connectivity index (χ3n) is 1.59. The number of hydrogen-bond donors (Lipinski definition) is 1. The van der Waals surface area contributed by atoms with E-state index in [0.717, 1.165) is 0 Å². The van der Waals surface area contributed by atoms with Gasteiger partial charge < -0.3 is 9.84 Å². The minimum atomic E-state index is -0.816. The average Bonchev–Trinajstić information content (AvgIpc) is 2.35. The Kier molecular flexibility index (Phi) is 2.85. The number of hydrogen-bond acceptors (Lipinski definition) is 3. The first kappa shape index (κ1) is 8.77. The van der Waals surface area contributed by atoms with Gasteiger partial charge in [0.15, 0.2) is 0 Å². The van der Waals surface area contributed by atoms with E-state index >= 15 is 0 Å². The van der Waals surface area contributed by atoms with E-state index in [-0.39, 0.29) is 18.5 Å². The molecular weight excluding hydrogens is 160 g/mol. The lowest BCUT2D eigenvalue weighted by molar-refractivity contribution is -0.138. The lowest BCUT2D eigenvalue weighted by atomic mass is 10.1. The van der Waals surface area contributed by atoms with Gasteiger partial charge in [0, 0.05) is 12.5 Å². The number of carbonyl (C=O) groups excluding carboxylic acids is 1. The normalized spacial score (nSPS) is 21.0. The van der Waals surface area contributed by atoms with Crippen molar-refractivity contribution in [3.05, 3.63) is 12.2 Å². The number of rotatable bonds is 4. The Labute approximate surface area is 69.8 Å². The van der Waals surface area contributed by atoms with Gasteiger partial charge in [-0.1, -0.05) is 0 Å². The molecule has 12 heavy (non-hydrogen) atoms. The van der Waals surface area contributed by atoms with E-state index < -0.39 is 5.97 Å². The molecule has 0 aromatic heterocycles. The predicted octanol–water partition coefficient (Wildman–Crippen LogP) is 0.723. The SMILES string of the molecule is O=C(O)CCCC1C=CC(=O)O1. The van der Waals surface area contributed by atoms with Gasteiger partial charge in [-0.25, -0.2) is 4.79 Å². The third kappa shape index (κ3) is 2.74. The summed E-state index contributed by atoms with van der Waals surface area (Å²) in [4.78, 5) is 20.6. The van der Waals surface area contributed by atoms with Crippen LogP contribution in [-0.2, 0) is 14.3 Å². The minimum Gasteiger partial charge on any atom is -0.481 e. The van der Waals surface area contributed by atoms with E-state index in [1.165, 1.54) is 6.08 Å². The van der Waals surface area contributed by atoms with Crippen LogP contribution < -0.4 is 0 Å². The number of carboxylic acids is 1. The Balaban J connectivity index is 2.13. The lowest BCUT2D eigenvalue weighted by Crippen LogP contribution is -2.08. The highest BCUT2D eigenvalue weighted by Crippen LogP contribution is 2.11. The molecule has 1 N–H and O–H groups in total. The average molecular weight is 170 g/mol. The van der Waals surface area contributed by atoms with Crippen LogP contribution in [0.2, 0.25) is 0 Å². The van der Waals surface area contributed by atoms with Crippen molar-refractivity contribution in [3.63, 3.8) is 0 Å². The summed E-state index contributed by atoms with van der Waals surface area (Å²) in [5.74, 6) is -1.15. The lowest BCUT2D eigenvalue weighted by Gasteiger charge is -2.05. The second kappa shape index (κ2) is 3.90. The van der Waals surface area contributed by atoms with Crippen LogP contribution in [0.4, 0.5) is 0 Å². The highest BCUT2D eigenvalue weighted by atomic mass is 16.5. The summed E-state index contributed by atoms with van der Waals surface area (Å²) in [6.07, 6.45) is 4.07. The zero-order valence-electron chi connectivity index (χ0n) is 6.53. The molecule has 1 atom stereocenters. The molecule has 0 aliphatic carbocycles. The van der Waals surface area contributed by atoms with Crippen LogP contribution in [-0.4, -0.2) is 23.1 Å². The second-order valence-electron chi connectivity index (χ2n) is 2.62. The number of aliphatic carboxylic acids is 1. The van der Waals surface area contributed by atoms with Crippen molar-refractivity contribution in [2.45, 2.75) is 25.4 Å². The monoisotopic (exact) mass is 170 g/mol. The molecule has 0 saturated heterocycles. The van der Waals surface area contributed by atoms with Crippen LogP contribution in [0.1, 0.15) is 19.3 Å².